The molecule has 21 heavy (non-hydrogen) atoms. The number of carbonyl (C=O) groups is 1. The van der Waals surface area contributed by atoms with Crippen molar-refractivity contribution in [1.29, 1.82) is 0 Å². The summed E-state index contributed by atoms with van der Waals surface area (Å²) in [4.78, 5) is 12.5. The second-order valence-corrected chi connectivity index (χ2v) is 6.58. The van der Waals surface area contributed by atoms with Gasteiger partial charge in [-0.25, -0.2) is 4.79 Å². The number of hydrogen-bond donors (Lipinski definition) is 0. The number of hydrogen-bond acceptors (Lipinski definition) is 3. The van der Waals surface area contributed by atoms with Gasteiger partial charge in [0, 0.05) is 0 Å². The first-order chi connectivity index (χ1) is 9.93. The van der Waals surface area contributed by atoms with Gasteiger partial charge in [0.1, 0.15) is 5.75 Å². The molecule has 0 aromatic heterocycles. The van der Waals surface area contributed by atoms with Crippen LogP contribution in [0.5, 0.6) is 5.75 Å². The maximum absolute atomic E-state index is 12.5. The molecule has 2 aromatic rings. The van der Waals surface area contributed by atoms with E-state index in [9.17, 15) is 9.36 Å². The fraction of sp³-hybridized carbons (Fsp3) is 0.235. The van der Waals surface area contributed by atoms with Gasteiger partial charge in [0.2, 0.25) is 0 Å². The van der Waals surface area contributed by atoms with Crippen LogP contribution in [0.1, 0.15) is 27.0 Å². The molecule has 0 aliphatic heterocycles. The lowest BCUT2D eigenvalue weighted by molar-refractivity contribution is 0.107. The van der Waals surface area contributed by atoms with E-state index in [1.165, 1.54) is 0 Å². The summed E-state index contributed by atoms with van der Waals surface area (Å²) < 4.78 is 17.6. The van der Waals surface area contributed by atoms with Crippen LogP contribution in [0.2, 0.25) is 0 Å². The lowest BCUT2D eigenvalue weighted by Crippen LogP contribution is -2.07. The number of ether oxygens (including phenoxy) is 1. The Morgan fingerprint density at radius 3 is 2.00 bits per heavy atom. The second-order valence-electron chi connectivity index (χ2n) is 5.07. The minimum atomic E-state index is -2.12. The lowest BCUT2D eigenvalue weighted by Gasteiger charge is -2.05. The third-order valence-corrected chi connectivity index (χ3v) is 4.74. The summed E-state index contributed by atoms with van der Waals surface area (Å²) >= 11 is 0. The number of rotatable bonds is 4. The zero-order chi connectivity index (χ0) is 15.6. The van der Waals surface area contributed by atoms with Gasteiger partial charge in [0.25, 0.3) is 0 Å². The van der Waals surface area contributed by atoms with E-state index >= 15 is 0 Å². The predicted molar refractivity (Wildman–Crippen MR) is 85.2 cm³/mol. The first-order valence-corrected chi connectivity index (χ1v) is 7.93. The molecule has 3 nitrogen and oxygen atoms in total. The molecule has 0 radical (unpaired) electrons. The van der Waals surface area contributed by atoms with Gasteiger partial charge in [-0.15, -0.1) is 0 Å². The molecule has 2 rings (SSSR count). The first kappa shape index (κ1) is 15.4. The fourth-order valence-electron chi connectivity index (χ4n) is 2.45. The summed E-state index contributed by atoms with van der Waals surface area (Å²) in [6, 6.07) is 10.7. The maximum Gasteiger partial charge on any atom is 0.458 e. The smallest absolute Gasteiger partial charge is 0.458 e. The third-order valence-electron chi connectivity index (χ3n) is 3.38. The molecule has 0 saturated heterocycles. The van der Waals surface area contributed by atoms with Crippen LogP contribution in [0.15, 0.2) is 36.4 Å². The highest BCUT2D eigenvalue weighted by molar-refractivity contribution is 7.71. The molecule has 1 atom stereocenters. The van der Waals surface area contributed by atoms with Gasteiger partial charge >= 0.3 is 13.3 Å². The van der Waals surface area contributed by atoms with Crippen LogP contribution in [0, 0.1) is 20.8 Å². The molecule has 0 amide bonds. The fourth-order valence-corrected chi connectivity index (χ4v) is 3.66. The molecule has 1 unspecified atom stereocenters. The zero-order valence-electron chi connectivity index (χ0n) is 12.6. The molecule has 108 valence electrons. The van der Waals surface area contributed by atoms with Crippen molar-refractivity contribution in [2.45, 2.75) is 20.8 Å². The van der Waals surface area contributed by atoms with E-state index in [-0.39, 0.29) is 5.52 Å². The Morgan fingerprint density at radius 2 is 1.52 bits per heavy atom. The van der Waals surface area contributed by atoms with Crippen molar-refractivity contribution in [2.24, 2.45) is 0 Å². The molecule has 4 heteroatoms. The van der Waals surface area contributed by atoms with Crippen LogP contribution in [-0.2, 0) is 4.57 Å². The van der Waals surface area contributed by atoms with Gasteiger partial charge in [-0.1, -0.05) is 22.3 Å². The molecule has 0 aliphatic rings. The highest BCUT2D eigenvalue weighted by Gasteiger charge is 2.34. The van der Waals surface area contributed by atoms with Crippen LogP contribution in [0.3, 0.4) is 0 Å². The van der Waals surface area contributed by atoms with E-state index in [0.29, 0.717) is 16.6 Å². The largest absolute Gasteiger partial charge is 0.497 e. The van der Waals surface area contributed by atoms with Crippen LogP contribution >= 0.6 is 7.80 Å². The highest BCUT2D eigenvalue weighted by atomic mass is 31.1. The maximum atomic E-state index is 12.5. The van der Waals surface area contributed by atoms with Crippen molar-refractivity contribution >= 4 is 18.6 Å². The predicted octanol–water partition coefficient (Wildman–Crippen LogP) is 3.91. The Bertz CT molecular complexity index is 679. The number of benzene rings is 2. The monoisotopic (exact) mass is 301 g/mol. The Kier molecular flexibility index (Phi) is 4.54. The van der Waals surface area contributed by atoms with Gasteiger partial charge in [0.05, 0.1) is 12.7 Å². The molecule has 0 bridgehead atoms. The molecule has 0 saturated carbocycles. The van der Waals surface area contributed by atoms with Crippen molar-refractivity contribution in [3.8, 4) is 5.75 Å². The van der Waals surface area contributed by atoms with Gasteiger partial charge in [-0.2, -0.15) is 0 Å². The first-order valence-electron chi connectivity index (χ1n) is 6.67. The molecule has 0 fully saturated rings. The van der Waals surface area contributed by atoms with Crippen molar-refractivity contribution in [2.75, 3.05) is 7.11 Å². The summed E-state index contributed by atoms with van der Waals surface area (Å²) in [7, 11) is -0.548. The Hall–Kier alpha value is -1.99. The summed E-state index contributed by atoms with van der Waals surface area (Å²) in [6.45, 7) is 5.74. The van der Waals surface area contributed by atoms with Crippen LogP contribution < -0.4 is 10.0 Å². The molecule has 0 heterocycles. The summed E-state index contributed by atoms with van der Waals surface area (Å²) in [5.74, 6) is 0.678. The molecule has 0 N–H and O–H groups in total. The molecule has 0 aliphatic carbocycles. The Labute approximate surface area is 125 Å². The molecule has 0 spiro atoms. The average Bonchev–Trinajstić information content (AvgIpc) is 2.45. The quantitative estimate of drug-likeness (QED) is 0.804. The van der Waals surface area contributed by atoms with Crippen molar-refractivity contribution in [3.63, 3.8) is 0 Å². The highest BCUT2D eigenvalue weighted by Crippen LogP contribution is 2.30. The second kappa shape index (κ2) is 6.19. The van der Waals surface area contributed by atoms with E-state index in [1.807, 2.05) is 32.9 Å². The topological polar surface area (TPSA) is 43.4 Å². The van der Waals surface area contributed by atoms with Crippen LogP contribution in [0.4, 0.5) is 0 Å². The number of carbonyl (C=O) groups excluding carboxylic acids is 1. The lowest BCUT2D eigenvalue weighted by atomic mass is 10.0. The van der Waals surface area contributed by atoms with E-state index in [1.54, 1.807) is 31.4 Å². The van der Waals surface area contributed by atoms with Gasteiger partial charge in [0.15, 0.2) is 5.30 Å². The molecular weight excluding hydrogens is 283 g/mol. The summed E-state index contributed by atoms with van der Waals surface area (Å²) in [6.07, 6.45) is 0. The molecular formula is C17H18O3P+. The number of methoxy groups -OCH3 is 1. The Morgan fingerprint density at radius 1 is 1.00 bits per heavy atom. The van der Waals surface area contributed by atoms with E-state index in [4.69, 9.17) is 4.74 Å². The average molecular weight is 301 g/mol. The van der Waals surface area contributed by atoms with E-state index < -0.39 is 7.80 Å². The SMILES string of the molecule is COc1ccc([P+](=O)C(=O)c2c(C)cc(C)cc2C)cc1. The third kappa shape index (κ3) is 3.20. The standard InChI is InChI=1S/C17H18O3P/c1-11-9-12(2)16(13(3)10-11)17(18)21(19)15-7-5-14(20-4)6-8-15/h5-10H,1-4H3/q+1. The zero-order valence-corrected chi connectivity index (χ0v) is 13.5. The normalized spacial score (nSPS) is 11.1. The van der Waals surface area contributed by atoms with Crippen LogP contribution in [-0.4, -0.2) is 12.6 Å². The van der Waals surface area contributed by atoms with Crippen molar-refractivity contribution in [1.82, 2.24) is 0 Å². The minimum absolute atomic E-state index is 0.315. The van der Waals surface area contributed by atoms with E-state index in [2.05, 4.69) is 0 Å². The van der Waals surface area contributed by atoms with E-state index in [0.717, 1.165) is 16.7 Å². The van der Waals surface area contributed by atoms with Crippen LogP contribution in [0.25, 0.3) is 0 Å². The number of aryl methyl sites for hydroxylation is 3. The van der Waals surface area contributed by atoms with Crippen molar-refractivity contribution < 1.29 is 14.1 Å². The van der Waals surface area contributed by atoms with Gasteiger partial charge in [-0.05, 0) is 56.2 Å². The minimum Gasteiger partial charge on any atom is -0.497 e. The van der Waals surface area contributed by atoms with Crippen molar-refractivity contribution in [3.05, 3.63) is 58.7 Å². The van der Waals surface area contributed by atoms with Gasteiger partial charge < -0.3 is 4.74 Å². The summed E-state index contributed by atoms with van der Waals surface area (Å²) in [5.41, 5.74) is 3.09. The van der Waals surface area contributed by atoms with Gasteiger partial charge in [-0.3, -0.25) is 0 Å². The Balaban J connectivity index is 2.37. The molecule has 2 aromatic carbocycles. The summed E-state index contributed by atoms with van der Waals surface area (Å²) in [5, 5.41) is 0.523.